The molecule has 0 radical (unpaired) electrons. The number of amides is 1. The first-order valence-corrected chi connectivity index (χ1v) is 8.05. The number of piperidine rings is 2. The lowest BCUT2D eigenvalue weighted by Gasteiger charge is -2.28. The van der Waals surface area contributed by atoms with E-state index in [1.54, 1.807) is 0 Å². The van der Waals surface area contributed by atoms with Gasteiger partial charge < -0.3 is 15.5 Å². The average molecular weight is 361 g/mol. The van der Waals surface area contributed by atoms with E-state index in [9.17, 15) is 4.79 Å². The van der Waals surface area contributed by atoms with Crippen LogP contribution in [0.25, 0.3) is 0 Å². The topological polar surface area (TPSA) is 57.3 Å². The number of halogens is 2. The number of hydrogen-bond donors (Lipinski definition) is 2. The predicted molar refractivity (Wildman–Crippen MR) is 99.0 cm³/mol. The number of aromatic nitrogens is 1. The SMILES string of the molecule is Cl.Cl.O=C(Nc1ccc(N2CCCCC2)cn1)C1CCCNC1. The molecule has 1 aromatic heterocycles. The molecule has 2 fully saturated rings. The molecule has 2 aliphatic heterocycles. The molecule has 7 heteroatoms. The van der Waals surface area contributed by atoms with Gasteiger partial charge in [-0.1, -0.05) is 0 Å². The largest absolute Gasteiger partial charge is 0.370 e. The third kappa shape index (κ3) is 5.52. The molecule has 5 nitrogen and oxygen atoms in total. The highest BCUT2D eigenvalue weighted by Gasteiger charge is 2.21. The van der Waals surface area contributed by atoms with Crippen molar-refractivity contribution in [2.24, 2.45) is 5.92 Å². The van der Waals surface area contributed by atoms with Gasteiger partial charge in [-0.25, -0.2) is 4.98 Å². The van der Waals surface area contributed by atoms with E-state index in [4.69, 9.17) is 0 Å². The third-order valence-electron chi connectivity index (χ3n) is 4.39. The molecule has 130 valence electrons. The summed E-state index contributed by atoms with van der Waals surface area (Å²) in [6.07, 6.45) is 7.75. The Balaban J connectivity index is 0.00000132. The minimum absolute atomic E-state index is 0. The van der Waals surface area contributed by atoms with Crippen molar-refractivity contribution in [1.82, 2.24) is 10.3 Å². The molecule has 1 amide bonds. The van der Waals surface area contributed by atoms with Crippen LogP contribution in [-0.2, 0) is 4.79 Å². The lowest BCUT2D eigenvalue weighted by Crippen LogP contribution is -2.37. The lowest BCUT2D eigenvalue weighted by atomic mass is 9.99. The number of rotatable bonds is 3. The van der Waals surface area contributed by atoms with Crippen LogP contribution in [0, 0.1) is 5.92 Å². The molecule has 0 aromatic carbocycles. The van der Waals surface area contributed by atoms with E-state index >= 15 is 0 Å². The average Bonchev–Trinajstić information content (AvgIpc) is 2.57. The van der Waals surface area contributed by atoms with Crippen LogP contribution in [0.4, 0.5) is 11.5 Å². The molecule has 0 spiro atoms. The Morgan fingerprint density at radius 2 is 1.96 bits per heavy atom. The number of pyridine rings is 1. The maximum Gasteiger partial charge on any atom is 0.229 e. The van der Waals surface area contributed by atoms with E-state index < -0.39 is 0 Å². The van der Waals surface area contributed by atoms with Crippen LogP contribution < -0.4 is 15.5 Å². The Hall–Kier alpha value is -1.04. The Morgan fingerprint density at radius 3 is 2.57 bits per heavy atom. The zero-order valence-corrected chi connectivity index (χ0v) is 14.9. The Bertz CT molecular complexity index is 471. The molecule has 1 aromatic rings. The van der Waals surface area contributed by atoms with Gasteiger partial charge in [-0.3, -0.25) is 4.79 Å². The highest BCUT2D eigenvalue weighted by atomic mass is 35.5. The van der Waals surface area contributed by atoms with Gasteiger partial charge in [0.05, 0.1) is 17.8 Å². The molecule has 2 N–H and O–H groups in total. The molecule has 0 saturated carbocycles. The highest BCUT2D eigenvalue weighted by molar-refractivity contribution is 5.92. The molecule has 2 saturated heterocycles. The molecule has 3 rings (SSSR count). The summed E-state index contributed by atoms with van der Waals surface area (Å²) in [5.41, 5.74) is 1.16. The Labute approximate surface area is 150 Å². The molecule has 0 aliphatic carbocycles. The maximum absolute atomic E-state index is 12.2. The summed E-state index contributed by atoms with van der Waals surface area (Å²) in [5.74, 6) is 0.814. The van der Waals surface area contributed by atoms with Gasteiger partial charge in [0, 0.05) is 19.6 Å². The van der Waals surface area contributed by atoms with E-state index in [1.165, 1.54) is 19.3 Å². The second kappa shape index (κ2) is 9.96. The van der Waals surface area contributed by atoms with Crippen LogP contribution in [0.5, 0.6) is 0 Å². The number of nitrogens with zero attached hydrogens (tertiary/aromatic N) is 2. The summed E-state index contributed by atoms with van der Waals surface area (Å²) in [6.45, 7) is 4.02. The molecule has 0 bridgehead atoms. The standard InChI is InChI=1S/C16H24N4O.2ClH/c21-16(13-5-4-8-17-11-13)19-15-7-6-14(12-18-15)20-9-2-1-3-10-20;;/h6-7,12-13,17H,1-5,8-11H2,(H,18,19,21);2*1H. The van der Waals surface area contributed by atoms with Gasteiger partial charge in [0.2, 0.25) is 5.91 Å². The quantitative estimate of drug-likeness (QED) is 0.869. The predicted octanol–water partition coefficient (Wildman–Crippen LogP) is 2.85. The van der Waals surface area contributed by atoms with Gasteiger partial charge in [-0.15, -0.1) is 24.8 Å². The zero-order valence-electron chi connectivity index (χ0n) is 13.3. The van der Waals surface area contributed by atoms with Crippen molar-refractivity contribution >= 4 is 42.2 Å². The third-order valence-corrected chi connectivity index (χ3v) is 4.39. The van der Waals surface area contributed by atoms with E-state index in [1.807, 2.05) is 12.3 Å². The molecule has 1 atom stereocenters. The number of carbonyl (C=O) groups excluding carboxylic acids is 1. The first-order chi connectivity index (χ1) is 10.3. The molecular weight excluding hydrogens is 335 g/mol. The van der Waals surface area contributed by atoms with Gasteiger partial charge in [-0.05, 0) is 50.8 Å². The fourth-order valence-electron chi connectivity index (χ4n) is 3.10. The normalized spacial score (nSPS) is 20.9. The Morgan fingerprint density at radius 1 is 1.17 bits per heavy atom. The lowest BCUT2D eigenvalue weighted by molar-refractivity contribution is -0.120. The zero-order chi connectivity index (χ0) is 14.5. The van der Waals surface area contributed by atoms with Gasteiger partial charge in [0.25, 0.3) is 0 Å². The van der Waals surface area contributed by atoms with Gasteiger partial charge in [-0.2, -0.15) is 0 Å². The van der Waals surface area contributed by atoms with Crippen molar-refractivity contribution in [2.75, 3.05) is 36.4 Å². The number of hydrogen-bond acceptors (Lipinski definition) is 4. The summed E-state index contributed by atoms with van der Waals surface area (Å²) < 4.78 is 0. The fraction of sp³-hybridized carbons (Fsp3) is 0.625. The maximum atomic E-state index is 12.2. The summed E-state index contributed by atoms with van der Waals surface area (Å²) in [7, 11) is 0. The molecule has 2 aliphatic rings. The van der Waals surface area contributed by atoms with Crippen molar-refractivity contribution in [3.63, 3.8) is 0 Å². The minimum Gasteiger partial charge on any atom is -0.370 e. The van der Waals surface area contributed by atoms with Crippen molar-refractivity contribution in [1.29, 1.82) is 0 Å². The van der Waals surface area contributed by atoms with Crippen LogP contribution >= 0.6 is 24.8 Å². The Kier molecular flexibility index (Phi) is 8.66. The van der Waals surface area contributed by atoms with E-state index in [0.717, 1.165) is 44.7 Å². The molecule has 1 unspecified atom stereocenters. The molecular formula is C16H26Cl2N4O. The number of anilines is 2. The smallest absolute Gasteiger partial charge is 0.229 e. The van der Waals surface area contributed by atoms with Crippen molar-refractivity contribution in [3.8, 4) is 0 Å². The van der Waals surface area contributed by atoms with Crippen LogP contribution in [0.2, 0.25) is 0 Å². The second-order valence-corrected chi connectivity index (χ2v) is 5.98. The number of nitrogens with one attached hydrogen (secondary N) is 2. The van der Waals surface area contributed by atoms with Crippen molar-refractivity contribution in [3.05, 3.63) is 18.3 Å². The van der Waals surface area contributed by atoms with Crippen LogP contribution in [0.1, 0.15) is 32.1 Å². The van der Waals surface area contributed by atoms with E-state index in [-0.39, 0.29) is 36.6 Å². The fourth-order valence-corrected chi connectivity index (χ4v) is 3.10. The highest BCUT2D eigenvalue weighted by Crippen LogP contribution is 2.20. The summed E-state index contributed by atoms with van der Waals surface area (Å²) in [4.78, 5) is 18.9. The monoisotopic (exact) mass is 360 g/mol. The van der Waals surface area contributed by atoms with Gasteiger partial charge >= 0.3 is 0 Å². The van der Waals surface area contributed by atoms with Crippen LogP contribution in [0.15, 0.2) is 18.3 Å². The minimum atomic E-state index is 0. The summed E-state index contributed by atoms with van der Waals surface area (Å²) in [6, 6.07) is 3.98. The summed E-state index contributed by atoms with van der Waals surface area (Å²) in [5, 5.41) is 6.20. The van der Waals surface area contributed by atoms with Crippen molar-refractivity contribution < 1.29 is 4.79 Å². The first kappa shape index (κ1) is 20.0. The second-order valence-electron chi connectivity index (χ2n) is 5.98. The number of carbonyl (C=O) groups is 1. The summed E-state index contributed by atoms with van der Waals surface area (Å²) >= 11 is 0. The van der Waals surface area contributed by atoms with Crippen LogP contribution in [0.3, 0.4) is 0 Å². The van der Waals surface area contributed by atoms with E-state index in [0.29, 0.717) is 5.82 Å². The molecule has 3 heterocycles. The molecule has 23 heavy (non-hydrogen) atoms. The van der Waals surface area contributed by atoms with Gasteiger partial charge in [0.15, 0.2) is 0 Å². The van der Waals surface area contributed by atoms with Gasteiger partial charge in [0.1, 0.15) is 5.82 Å². The first-order valence-electron chi connectivity index (χ1n) is 8.05. The van der Waals surface area contributed by atoms with Crippen LogP contribution in [-0.4, -0.2) is 37.1 Å². The van der Waals surface area contributed by atoms with Crippen molar-refractivity contribution in [2.45, 2.75) is 32.1 Å². The van der Waals surface area contributed by atoms with E-state index in [2.05, 4.69) is 26.6 Å².